The van der Waals surface area contributed by atoms with Gasteiger partial charge < -0.3 is 20.4 Å². The molecule has 0 radical (unpaired) electrons. The number of rotatable bonds is 4. The summed E-state index contributed by atoms with van der Waals surface area (Å²) in [4.78, 5) is 35.1. The topological polar surface area (TPSA) is 107 Å². The fourth-order valence-electron chi connectivity index (χ4n) is 3.25. The van der Waals surface area contributed by atoms with E-state index in [0.717, 1.165) is 29.7 Å². The summed E-state index contributed by atoms with van der Waals surface area (Å²) in [5.41, 5.74) is 2.08. The number of benzene rings is 2. The number of carbonyl (C=O) groups is 3. The van der Waals surface area contributed by atoms with Gasteiger partial charge in [0.25, 0.3) is 5.91 Å². The summed E-state index contributed by atoms with van der Waals surface area (Å²) in [6.07, 6.45) is -2.81. The highest BCUT2D eigenvalue weighted by Gasteiger charge is 2.38. The normalized spacial score (nSPS) is 15.8. The van der Waals surface area contributed by atoms with Crippen LogP contribution < -0.4 is 10.2 Å². The van der Waals surface area contributed by atoms with Gasteiger partial charge in [0.05, 0.1) is 16.9 Å². The number of amides is 1. The average Bonchev–Trinajstić information content (AvgIpc) is 2.74. The predicted octanol–water partition coefficient (Wildman–Crippen LogP) is 5.27. The molecule has 0 spiro atoms. The molecule has 0 aliphatic carbocycles. The summed E-state index contributed by atoms with van der Waals surface area (Å²) in [6.45, 7) is 4.00. The van der Waals surface area contributed by atoms with Gasteiger partial charge >= 0.3 is 18.1 Å². The Labute approximate surface area is 196 Å². The van der Waals surface area contributed by atoms with Crippen LogP contribution in [0.5, 0.6) is 0 Å². The summed E-state index contributed by atoms with van der Waals surface area (Å²) in [6, 6.07) is 12.0. The minimum absolute atomic E-state index is 0.157. The van der Waals surface area contributed by atoms with Gasteiger partial charge in [-0.3, -0.25) is 4.79 Å². The first-order valence-corrected chi connectivity index (χ1v) is 10.7. The van der Waals surface area contributed by atoms with Gasteiger partial charge in [-0.05, 0) is 61.2 Å². The van der Waals surface area contributed by atoms with Crippen molar-refractivity contribution in [2.75, 3.05) is 23.3 Å². The fourth-order valence-corrected chi connectivity index (χ4v) is 3.51. The van der Waals surface area contributed by atoms with Crippen LogP contribution in [0.2, 0.25) is 0 Å². The van der Waals surface area contributed by atoms with Crippen molar-refractivity contribution in [2.45, 2.75) is 25.9 Å². The molecule has 3 rings (SSSR count). The van der Waals surface area contributed by atoms with Crippen molar-refractivity contribution >= 4 is 45.2 Å². The van der Waals surface area contributed by atoms with E-state index in [1.54, 1.807) is 36.4 Å². The standard InChI is InChI=1S/C20H21BrN2O3.C2HF3O2/c1-13-3-2-10-23(12-13)18-9-6-15(20(25)26)11-17(18)22-19(24)14-4-7-16(21)8-5-14;3-2(4,5)1(6)7/h4-9,11,13H,2-3,10,12H2,1H3,(H,22,24)(H,25,26);(H,6,7). The quantitative estimate of drug-likeness (QED) is 0.497. The van der Waals surface area contributed by atoms with Crippen molar-refractivity contribution < 1.29 is 37.8 Å². The first-order valence-electron chi connectivity index (χ1n) is 9.87. The van der Waals surface area contributed by atoms with Gasteiger partial charge in [-0.25, -0.2) is 9.59 Å². The number of anilines is 2. The minimum Gasteiger partial charge on any atom is -0.478 e. The molecule has 11 heteroatoms. The van der Waals surface area contributed by atoms with E-state index in [0.29, 0.717) is 17.2 Å². The number of nitrogens with zero attached hydrogens (tertiary/aromatic N) is 1. The zero-order valence-corrected chi connectivity index (χ0v) is 19.1. The molecule has 1 atom stereocenters. The molecule has 7 nitrogen and oxygen atoms in total. The van der Waals surface area contributed by atoms with Crippen LogP contribution in [-0.4, -0.2) is 47.3 Å². The molecule has 1 unspecified atom stereocenters. The van der Waals surface area contributed by atoms with E-state index in [2.05, 4.69) is 33.1 Å². The maximum absolute atomic E-state index is 12.6. The number of carboxylic acids is 2. The molecule has 0 aromatic heterocycles. The largest absolute Gasteiger partial charge is 0.490 e. The molecule has 0 bridgehead atoms. The van der Waals surface area contributed by atoms with Crippen LogP contribution in [0.15, 0.2) is 46.9 Å². The zero-order chi connectivity index (χ0) is 24.8. The van der Waals surface area contributed by atoms with Crippen molar-refractivity contribution in [3.05, 3.63) is 58.1 Å². The molecule has 2 aromatic carbocycles. The van der Waals surface area contributed by atoms with E-state index in [1.165, 1.54) is 12.5 Å². The second-order valence-corrected chi connectivity index (χ2v) is 8.41. The first kappa shape index (κ1) is 26.2. The Kier molecular flexibility index (Phi) is 8.86. The molecule has 0 saturated carbocycles. The Hall–Kier alpha value is -3.08. The van der Waals surface area contributed by atoms with E-state index < -0.39 is 18.1 Å². The van der Waals surface area contributed by atoms with Gasteiger partial charge in [0.1, 0.15) is 0 Å². The third-order valence-electron chi connectivity index (χ3n) is 4.84. The monoisotopic (exact) mass is 530 g/mol. The van der Waals surface area contributed by atoms with Crippen LogP contribution in [0.1, 0.15) is 40.5 Å². The lowest BCUT2D eigenvalue weighted by Crippen LogP contribution is -2.35. The molecular formula is C22H22BrF3N2O5. The summed E-state index contributed by atoms with van der Waals surface area (Å²) < 4.78 is 32.6. The number of nitrogens with one attached hydrogen (secondary N) is 1. The molecule has 178 valence electrons. The second kappa shape index (κ2) is 11.2. The molecule has 2 aromatic rings. The lowest BCUT2D eigenvalue weighted by Gasteiger charge is -2.34. The molecule has 1 amide bonds. The number of alkyl halides is 3. The van der Waals surface area contributed by atoms with Gasteiger partial charge in [-0.2, -0.15) is 13.2 Å². The summed E-state index contributed by atoms with van der Waals surface area (Å²) in [5.74, 6) is -3.46. The molecule has 1 fully saturated rings. The Morgan fingerprint density at radius 1 is 1.06 bits per heavy atom. The SMILES string of the molecule is CC1CCCN(c2ccc(C(=O)O)cc2NC(=O)c2ccc(Br)cc2)C1.O=C(O)C(F)(F)F. The van der Waals surface area contributed by atoms with E-state index in [-0.39, 0.29) is 11.5 Å². The second-order valence-electron chi connectivity index (χ2n) is 7.49. The number of aliphatic carboxylic acids is 1. The Morgan fingerprint density at radius 2 is 1.64 bits per heavy atom. The predicted molar refractivity (Wildman–Crippen MR) is 120 cm³/mol. The van der Waals surface area contributed by atoms with Gasteiger partial charge in [0.2, 0.25) is 0 Å². The van der Waals surface area contributed by atoms with Gasteiger partial charge in [0, 0.05) is 23.1 Å². The zero-order valence-electron chi connectivity index (χ0n) is 17.5. The van der Waals surface area contributed by atoms with Gasteiger partial charge in [-0.15, -0.1) is 0 Å². The number of hydrogen-bond acceptors (Lipinski definition) is 4. The number of piperidine rings is 1. The average molecular weight is 531 g/mol. The van der Waals surface area contributed by atoms with E-state index in [9.17, 15) is 27.9 Å². The third kappa shape index (κ3) is 7.77. The maximum Gasteiger partial charge on any atom is 0.490 e. The van der Waals surface area contributed by atoms with Gasteiger partial charge in [-0.1, -0.05) is 22.9 Å². The lowest BCUT2D eigenvalue weighted by molar-refractivity contribution is -0.192. The highest BCUT2D eigenvalue weighted by Crippen LogP contribution is 2.31. The van der Waals surface area contributed by atoms with Crippen molar-refractivity contribution in [1.29, 1.82) is 0 Å². The van der Waals surface area contributed by atoms with Crippen LogP contribution in [0.25, 0.3) is 0 Å². The molecule has 3 N–H and O–H groups in total. The van der Waals surface area contributed by atoms with E-state index in [1.807, 2.05) is 0 Å². The number of carboxylic acid groups (broad SMARTS) is 2. The molecule has 1 saturated heterocycles. The van der Waals surface area contributed by atoms with Crippen molar-refractivity contribution in [3.8, 4) is 0 Å². The van der Waals surface area contributed by atoms with E-state index >= 15 is 0 Å². The maximum atomic E-state index is 12.6. The fraction of sp³-hybridized carbons (Fsp3) is 0.318. The van der Waals surface area contributed by atoms with Crippen molar-refractivity contribution in [1.82, 2.24) is 0 Å². The number of halogens is 4. The molecule has 1 aliphatic heterocycles. The van der Waals surface area contributed by atoms with Crippen molar-refractivity contribution in [2.24, 2.45) is 5.92 Å². The Bertz CT molecular complexity index is 1010. The number of aromatic carboxylic acids is 1. The smallest absolute Gasteiger partial charge is 0.478 e. The summed E-state index contributed by atoms with van der Waals surface area (Å²) in [7, 11) is 0. The first-order chi connectivity index (χ1) is 15.4. The van der Waals surface area contributed by atoms with Crippen LogP contribution in [0.3, 0.4) is 0 Å². The summed E-state index contributed by atoms with van der Waals surface area (Å²) >= 11 is 3.35. The summed E-state index contributed by atoms with van der Waals surface area (Å²) in [5, 5.41) is 19.3. The Balaban J connectivity index is 0.000000479. The number of hydrogen-bond donors (Lipinski definition) is 3. The van der Waals surface area contributed by atoms with Crippen LogP contribution >= 0.6 is 15.9 Å². The molecule has 1 aliphatic rings. The molecule has 1 heterocycles. The molecular weight excluding hydrogens is 509 g/mol. The highest BCUT2D eigenvalue weighted by molar-refractivity contribution is 9.10. The van der Waals surface area contributed by atoms with Crippen LogP contribution in [0.4, 0.5) is 24.5 Å². The highest BCUT2D eigenvalue weighted by atomic mass is 79.9. The number of carbonyl (C=O) groups excluding carboxylic acids is 1. The van der Waals surface area contributed by atoms with Gasteiger partial charge in [0.15, 0.2) is 0 Å². The van der Waals surface area contributed by atoms with Crippen molar-refractivity contribution in [3.63, 3.8) is 0 Å². The lowest BCUT2D eigenvalue weighted by atomic mass is 9.99. The molecule has 33 heavy (non-hydrogen) atoms. The minimum atomic E-state index is -5.08. The third-order valence-corrected chi connectivity index (χ3v) is 5.37. The van der Waals surface area contributed by atoms with Crippen LogP contribution in [0, 0.1) is 5.92 Å². The van der Waals surface area contributed by atoms with E-state index in [4.69, 9.17) is 9.90 Å². The Morgan fingerprint density at radius 3 is 2.15 bits per heavy atom. The van der Waals surface area contributed by atoms with Crippen LogP contribution in [-0.2, 0) is 4.79 Å².